The van der Waals surface area contributed by atoms with Crippen molar-refractivity contribution in [3.63, 3.8) is 0 Å². The van der Waals surface area contributed by atoms with E-state index in [1.165, 1.54) is 64.2 Å². The molecule has 0 saturated carbocycles. The van der Waals surface area contributed by atoms with Crippen molar-refractivity contribution >= 4 is 11.9 Å². The van der Waals surface area contributed by atoms with Crippen molar-refractivity contribution in [3.8, 4) is 0 Å². The highest BCUT2D eigenvalue weighted by Gasteiger charge is 2.47. The number of aliphatic hydroxyl groups is 7. The average Bonchev–Trinajstić information content (AvgIpc) is 3.31. The molecule has 0 aromatic heterocycles. The number of rotatable bonds is 39. The molecule has 11 atom stereocenters. The van der Waals surface area contributed by atoms with Gasteiger partial charge in [-0.3, -0.25) is 9.59 Å². The molecule has 7 N–H and O–H groups in total. The summed E-state index contributed by atoms with van der Waals surface area (Å²) < 4.78 is 33.5. The minimum Gasteiger partial charge on any atom is -0.462 e. The Kier molecular flexibility index (Phi) is 35.0. The van der Waals surface area contributed by atoms with Crippen LogP contribution in [0.15, 0.2) is 36.5 Å². The van der Waals surface area contributed by atoms with Gasteiger partial charge in [0.25, 0.3) is 0 Å². The van der Waals surface area contributed by atoms with Gasteiger partial charge in [-0.25, -0.2) is 0 Å². The van der Waals surface area contributed by atoms with Crippen LogP contribution in [0.5, 0.6) is 0 Å². The number of carbonyl (C=O) groups excluding carboxylic acids is 2. The van der Waals surface area contributed by atoms with Gasteiger partial charge in [0.05, 0.1) is 19.8 Å². The van der Waals surface area contributed by atoms with Crippen molar-refractivity contribution < 1.29 is 73.8 Å². The Balaban J connectivity index is 1.80. The Hall–Kier alpha value is -2.28. The lowest BCUT2D eigenvalue weighted by Crippen LogP contribution is -2.61. The van der Waals surface area contributed by atoms with Crippen molar-refractivity contribution in [2.45, 2.75) is 248 Å². The van der Waals surface area contributed by atoms with Crippen LogP contribution < -0.4 is 0 Å². The van der Waals surface area contributed by atoms with Crippen LogP contribution in [0.4, 0.5) is 0 Å². The third kappa shape index (κ3) is 26.5. The van der Waals surface area contributed by atoms with Crippen LogP contribution in [0, 0.1) is 0 Å². The molecule has 66 heavy (non-hydrogen) atoms. The Morgan fingerprint density at radius 3 is 1.47 bits per heavy atom. The first-order chi connectivity index (χ1) is 32.0. The zero-order valence-corrected chi connectivity index (χ0v) is 40.4. The van der Waals surface area contributed by atoms with Gasteiger partial charge < -0.3 is 64.2 Å². The van der Waals surface area contributed by atoms with E-state index < -0.39 is 92.7 Å². The zero-order valence-electron chi connectivity index (χ0n) is 40.4. The number of carbonyl (C=O) groups is 2. The molecule has 15 heteroatoms. The highest BCUT2D eigenvalue weighted by molar-refractivity contribution is 5.70. The molecule has 0 aromatic rings. The Morgan fingerprint density at radius 2 is 0.924 bits per heavy atom. The third-order valence-electron chi connectivity index (χ3n) is 12.1. The lowest BCUT2D eigenvalue weighted by atomic mass is 9.98. The van der Waals surface area contributed by atoms with Crippen LogP contribution in [0.3, 0.4) is 0 Å². The minimum atomic E-state index is -1.77. The Labute approximate surface area is 395 Å². The molecule has 2 heterocycles. The smallest absolute Gasteiger partial charge is 0.306 e. The average molecular weight is 943 g/mol. The molecule has 0 spiro atoms. The second kappa shape index (κ2) is 38.6. The molecule has 2 fully saturated rings. The van der Waals surface area contributed by atoms with E-state index in [1.807, 2.05) is 0 Å². The summed E-state index contributed by atoms with van der Waals surface area (Å²) in [5.74, 6) is -0.940. The van der Waals surface area contributed by atoms with E-state index in [-0.39, 0.29) is 26.1 Å². The van der Waals surface area contributed by atoms with Crippen LogP contribution in [-0.2, 0) is 38.0 Å². The summed E-state index contributed by atoms with van der Waals surface area (Å²) in [6, 6.07) is 0. The number of hydrogen-bond acceptors (Lipinski definition) is 15. The van der Waals surface area contributed by atoms with Gasteiger partial charge in [0.15, 0.2) is 18.7 Å². The van der Waals surface area contributed by atoms with Crippen molar-refractivity contribution in [2.75, 3.05) is 26.4 Å². The standard InChI is InChI=1S/C51H90O15/c1-3-5-7-9-11-13-15-16-17-18-19-20-21-22-24-26-28-30-32-34-43(54)64-39(36-61-42(53)33-31-29-27-25-23-14-12-10-8-6-4-2)37-62-50-49(60)47(58)45(56)41(66-50)38-63-51-48(59)46(57)44(55)40(35-52)65-51/h10-13,16-17,39-41,44-52,55-60H,3-9,14-15,18-38H2,1-2H3/b12-10-,13-11-,17-16-. The monoisotopic (exact) mass is 943 g/mol. The van der Waals surface area contributed by atoms with Gasteiger partial charge in [-0.2, -0.15) is 0 Å². The first-order valence-corrected chi connectivity index (χ1v) is 25.6. The molecular formula is C51H90O15. The fourth-order valence-electron chi connectivity index (χ4n) is 7.82. The van der Waals surface area contributed by atoms with Gasteiger partial charge in [-0.15, -0.1) is 0 Å². The highest BCUT2D eigenvalue weighted by Crippen LogP contribution is 2.26. The lowest BCUT2D eigenvalue weighted by Gasteiger charge is -2.42. The van der Waals surface area contributed by atoms with E-state index in [0.717, 1.165) is 77.0 Å². The topological polar surface area (TPSA) is 231 Å². The van der Waals surface area contributed by atoms with E-state index in [9.17, 15) is 45.3 Å². The maximum Gasteiger partial charge on any atom is 0.306 e. The summed E-state index contributed by atoms with van der Waals surface area (Å²) in [6.45, 7) is 2.51. The normalized spacial score (nSPS) is 26.4. The van der Waals surface area contributed by atoms with E-state index >= 15 is 0 Å². The predicted octanol–water partition coefficient (Wildman–Crippen LogP) is 6.93. The maximum atomic E-state index is 13.0. The number of ether oxygens (including phenoxy) is 6. The summed E-state index contributed by atoms with van der Waals surface area (Å²) in [5.41, 5.74) is 0. The summed E-state index contributed by atoms with van der Waals surface area (Å²) in [7, 11) is 0. The lowest BCUT2D eigenvalue weighted by molar-refractivity contribution is -0.332. The SMILES string of the molecule is CCCC/C=C\CCCCCCCC(=O)OCC(COC1OC(COC2OC(CO)C(O)C(O)C2O)C(O)C(O)C1O)OC(=O)CCCCCCCCCCC/C=C\C/C=C\CCCCC. The number of unbranched alkanes of at least 4 members (excludes halogenated alkanes) is 19. The van der Waals surface area contributed by atoms with Crippen molar-refractivity contribution in [1.82, 2.24) is 0 Å². The largest absolute Gasteiger partial charge is 0.462 e. The number of aliphatic hydroxyl groups excluding tert-OH is 7. The van der Waals surface area contributed by atoms with Gasteiger partial charge in [0.1, 0.15) is 55.4 Å². The Bertz CT molecular complexity index is 1290. The summed E-state index contributed by atoms with van der Waals surface area (Å²) in [5, 5.41) is 72.0. The van der Waals surface area contributed by atoms with Crippen LogP contribution in [0.25, 0.3) is 0 Å². The van der Waals surface area contributed by atoms with Gasteiger partial charge in [-0.1, -0.05) is 140 Å². The van der Waals surface area contributed by atoms with Crippen LogP contribution in [0.1, 0.15) is 181 Å². The van der Waals surface area contributed by atoms with Crippen LogP contribution in [-0.4, -0.2) is 142 Å². The number of hydrogen-bond donors (Lipinski definition) is 7. The molecule has 384 valence electrons. The molecule has 15 nitrogen and oxygen atoms in total. The molecule has 2 aliphatic heterocycles. The second-order valence-electron chi connectivity index (χ2n) is 18.0. The fourth-order valence-corrected chi connectivity index (χ4v) is 7.82. The molecule has 11 unspecified atom stereocenters. The van der Waals surface area contributed by atoms with Crippen LogP contribution in [0.2, 0.25) is 0 Å². The van der Waals surface area contributed by atoms with E-state index in [1.54, 1.807) is 0 Å². The van der Waals surface area contributed by atoms with Gasteiger partial charge >= 0.3 is 11.9 Å². The van der Waals surface area contributed by atoms with Gasteiger partial charge in [-0.05, 0) is 64.2 Å². The van der Waals surface area contributed by atoms with Crippen molar-refractivity contribution in [2.24, 2.45) is 0 Å². The summed E-state index contributed by atoms with van der Waals surface area (Å²) in [4.78, 5) is 25.7. The molecule has 2 saturated heterocycles. The maximum absolute atomic E-state index is 13.0. The molecule has 0 amide bonds. The van der Waals surface area contributed by atoms with E-state index in [0.29, 0.717) is 12.8 Å². The first-order valence-electron chi connectivity index (χ1n) is 25.6. The number of allylic oxidation sites excluding steroid dienone is 6. The minimum absolute atomic E-state index is 0.159. The predicted molar refractivity (Wildman–Crippen MR) is 252 cm³/mol. The third-order valence-corrected chi connectivity index (χ3v) is 12.1. The summed E-state index contributed by atoms with van der Waals surface area (Å²) >= 11 is 0. The summed E-state index contributed by atoms with van der Waals surface area (Å²) in [6.07, 6.45) is 23.2. The van der Waals surface area contributed by atoms with Crippen molar-refractivity contribution in [3.05, 3.63) is 36.5 Å². The van der Waals surface area contributed by atoms with E-state index in [4.69, 9.17) is 28.4 Å². The van der Waals surface area contributed by atoms with E-state index in [2.05, 4.69) is 50.3 Å². The fraction of sp³-hybridized carbons (Fsp3) is 0.843. The number of esters is 2. The molecular weight excluding hydrogens is 853 g/mol. The highest BCUT2D eigenvalue weighted by atomic mass is 16.7. The van der Waals surface area contributed by atoms with Crippen LogP contribution >= 0.6 is 0 Å². The quantitative estimate of drug-likeness (QED) is 0.0188. The molecule has 0 radical (unpaired) electrons. The molecule has 2 rings (SSSR count). The van der Waals surface area contributed by atoms with Gasteiger partial charge in [0, 0.05) is 12.8 Å². The molecule has 0 bridgehead atoms. The molecule has 0 aliphatic carbocycles. The molecule has 2 aliphatic rings. The first kappa shape index (κ1) is 59.8. The second-order valence-corrected chi connectivity index (χ2v) is 18.0. The zero-order chi connectivity index (χ0) is 48.2. The van der Waals surface area contributed by atoms with Gasteiger partial charge in [0.2, 0.25) is 0 Å². The molecule has 0 aromatic carbocycles. The van der Waals surface area contributed by atoms with Crippen molar-refractivity contribution in [1.29, 1.82) is 0 Å². The Morgan fingerprint density at radius 1 is 0.485 bits per heavy atom.